The molecule has 0 aliphatic carbocycles. The van der Waals surface area contributed by atoms with E-state index in [1.165, 1.54) is 7.11 Å². The van der Waals surface area contributed by atoms with Gasteiger partial charge < -0.3 is 23.9 Å². The first kappa shape index (κ1) is 19.3. The van der Waals surface area contributed by atoms with Gasteiger partial charge in [-0.15, -0.1) is 0 Å². The molecular formula is C21H21NO6. The van der Waals surface area contributed by atoms with Gasteiger partial charge in [-0.1, -0.05) is 0 Å². The maximum Gasteiger partial charge on any atom is 0.339 e. The number of nitrogens with one attached hydrogen (secondary N) is 1. The SMILES string of the molecule is COc1ccc(NC(=O)COc2ccc3c(C)c(C)c(=O)oc3c2)cc1OC. The van der Waals surface area contributed by atoms with Gasteiger partial charge in [-0.25, -0.2) is 4.79 Å². The first-order valence-corrected chi connectivity index (χ1v) is 8.61. The number of anilines is 1. The Hall–Kier alpha value is -3.48. The quantitative estimate of drug-likeness (QED) is 0.656. The summed E-state index contributed by atoms with van der Waals surface area (Å²) >= 11 is 0. The highest BCUT2D eigenvalue weighted by molar-refractivity contribution is 5.92. The fraction of sp³-hybridized carbons (Fsp3) is 0.238. The smallest absolute Gasteiger partial charge is 0.339 e. The van der Waals surface area contributed by atoms with Crippen LogP contribution in [0.4, 0.5) is 5.69 Å². The van der Waals surface area contributed by atoms with Crippen molar-refractivity contribution in [3.63, 3.8) is 0 Å². The summed E-state index contributed by atoms with van der Waals surface area (Å²) in [6.45, 7) is 3.39. The Balaban J connectivity index is 1.69. The fourth-order valence-electron chi connectivity index (χ4n) is 2.78. The van der Waals surface area contributed by atoms with Crippen molar-refractivity contribution in [1.82, 2.24) is 0 Å². The van der Waals surface area contributed by atoms with Gasteiger partial charge in [0.15, 0.2) is 18.1 Å². The molecule has 0 atom stereocenters. The molecule has 3 rings (SSSR count). The third kappa shape index (κ3) is 3.93. The van der Waals surface area contributed by atoms with E-state index in [1.54, 1.807) is 44.4 Å². The lowest BCUT2D eigenvalue weighted by Crippen LogP contribution is -2.20. The molecule has 1 amide bonds. The maximum atomic E-state index is 12.2. The molecule has 7 nitrogen and oxygen atoms in total. The van der Waals surface area contributed by atoms with Gasteiger partial charge in [-0.05, 0) is 43.7 Å². The van der Waals surface area contributed by atoms with Crippen molar-refractivity contribution >= 4 is 22.6 Å². The zero-order valence-corrected chi connectivity index (χ0v) is 16.1. The molecule has 1 aromatic heterocycles. The Morgan fingerprint density at radius 2 is 1.75 bits per heavy atom. The molecule has 0 aliphatic heterocycles. The Morgan fingerprint density at radius 1 is 1.00 bits per heavy atom. The standard InChI is InChI=1S/C21H21NO6/c1-12-13(2)21(24)28-18-10-15(6-7-16(12)18)27-11-20(23)22-14-5-8-17(25-3)19(9-14)26-4/h5-10H,11H2,1-4H3,(H,22,23). The summed E-state index contributed by atoms with van der Waals surface area (Å²) in [5.74, 6) is 1.17. The van der Waals surface area contributed by atoms with Crippen molar-refractivity contribution in [2.45, 2.75) is 13.8 Å². The predicted molar refractivity (Wildman–Crippen MR) is 106 cm³/mol. The number of carbonyl (C=O) groups is 1. The molecule has 3 aromatic rings. The summed E-state index contributed by atoms with van der Waals surface area (Å²) < 4.78 is 21.2. The van der Waals surface area contributed by atoms with Gasteiger partial charge in [0.1, 0.15) is 11.3 Å². The Kier molecular flexibility index (Phi) is 5.54. The summed E-state index contributed by atoms with van der Waals surface area (Å²) in [5, 5.41) is 3.56. The molecule has 0 spiro atoms. The van der Waals surface area contributed by atoms with E-state index in [-0.39, 0.29) is 18.1 Å². The molecule has 146 valence electrons. The van der Waals surface area contributed by atoms with Crippen LogP contribution >= 0.6 is 0 Å². The van der Waals surface area contributed by atoms with Crippen LogP contribution in [0.15, 0.2) is 45.6 Å². The zero-order chi connectivity index (χ0) is 20.3. The third-order valence-corrected chi connectivity index (χ3v) is 4.47. The molecule has 0 saturated carbocycles. The number of rotatable bonds is 6. The minimum atomic E-state index is -0.381. The second-order valence-electron chi connectivity index (χ2n) is 6.20. The first-order valence-electron chi connectivity index (χ1n) is 8.61. The average Bonchev–Trinajstić information content (AvgIpc) is 2.70. The molecule has 0 unspecified atom stereocenters. The Labute approximate surface area is 161 Å². The van der Waals surface area contributed by atoms with Crippen molar-refractivity contribution in [3.05, 3.63) is 57.9 Å². The molecule has 0 fully saturated rings. The molecule has 28 heavy (non-hydrogen) atoms. The molecule has 0 aliphatic rings. The molecule has 7 heteroatoms. The lowest BCUT2D eigenvalue weighted by molar-refractivity contribution is -0.118. The largest absolute Gasteiger partial charge is 0.493 e. The van der Waals surface area contributed by atoms with Crippen LogP contribution in [0, 0.1) is 13.8 Å². The van der Waals surface area contributed by atoms with E-state index in [0.29, 0.717) is 34.1 Å². The molecule has 1 heterocycles. The number of amides is 1. The number of hydrogen-bond donors (Lipinski definition) is 1. The van der Waals surface area contributed by atoms with Crippen molar-refractivity contribution < 1.29 is 23.4 Å². The highest BCUT2D eigenvalue weighted by Gasteiger charge is 2.11. The topological polar surface area (TPSA) is 87.0 Å². The maximum absolute atomic E-state index is 12.2. The van der Waals surface area contributed by atoms with Gasteiger partial charge in [0.25, 0.3) is 5.91 Å². The van der Waals surface area contributed by atoms with Crippen LogP contribution in [-0.2, 0) is 4.79 Å². The van der Waals surface area contributed by atoms with Crippen LogP contribution in [0.1, 0.15) is 11.1 Å². The van der Waals surface area contributed by atoms with Crippen LogP contribution in [0.25, 0.3) is 11.0 Å². The summed E-state index contributed by atoms with van der Waals surface area (Å²) in [6.07, 6.45) is 0. The summed E-state index contributed by atoms with van der Waals surface area (Å²) in [7, 11) is 3.06. The summed E-state index contributed by atoms with van der Waals surface area (Å²) in [5.41, 5.74) is 2.04. The van der Waals surface area contributed by atoms with Crippen LogP contribution in [0.2, 0.25) is 0 Å². The number of carbonyl (C=O) groups excluding carboxylic acids is 1. The monoisotopic (exact) mass is 383 g/mol. The van der Waals surface area contributed by atoms with Crippen molar-refractivity contribution in [1.29, 1.82) is 0 Å². The lowest BCUT2D eigenvalue weighted by atomic mass is 10.1. The van der Waals surface area contributed by atoms with Crippen LogP contribution < -0.4 is 25.2 Å². The van der Waals surface area contributed by atoms with E-state index in [1.807, 2.05) is 13.0 Å². The lowest BCUT2D eigenvalue weighted by Gasteiger charge is -2.11. The highest BCUT2D eigenvalue weighted by Crippen LogP contribution is 2.29. The number of benzene rings is 2. The van der Waals surface area contributed by atoms with Gasteiger partial charge in [0.05, 0.1) is 14.2 Å². The van der Waals surface area contributed by atoms with Gasteiger partial charge in [-0.2, -0.15) is 0 Å². The van der Waals surface area contributed by atoms with Crippen LogP contribution in [-0.4, -0.2) is 26.7 Å². The number of hydrogen-bond acceptors (Lipinski definition) is 6. The van der Waals surface area contributed by atoms with Crippen LogP contribution in [0.3, 0.4) is 0 Å². The van der Waals surface area contributed by atoms with Crippen molar-refractivity contribution in [2.75, 3.05) is 26.1 Å². The molecule has 1 N–H and O–H groups in total. The second kappa shape index (κ2) is 8.04. The van der Waals surface area contributed by atoms with Gasteiger partial charge in [0.2, 0.25) is 0 Å². The fourth-order valence-corrected chi connectivity index (χ4v) is 2.78. The van der Waals surface area contributed by atoms with Crippen LogP contribution in [0.5, 0.6) is 17.2 Å². The summed E-state index contributed by atoms with van der Waals surface area (Å²) in [4.78, 5) is 24.0. The predicted octanol–water partition coefficient (Wildman–Crippen LogP) is 3.44. The third-order valence-electron chi connectivity index (χ3n) is 4.47. The Morgan fingerprint density at radius 3 is 2.46 bits per heavy atom. The first-order chi connectivity index (χ1) is 13.4. The minimum Gasteiger partial charge on any atom is -0.493 e. The zero-order valence-electron chi connectivity index (χ0n) is 16.1. The number of aryl methyl sites for hydroxylation is 1. The van der Waals surface area contributed by atoms with E-state index in [2.05, 4.69) is 5.32 Å². The van der Waals surface area contributed by atoms with E-state index in [4.69, 9.17) is 18.6 Å². The normalized spacial score (nSPS) is 10.6. The summed E-state index contributed by atoms with van der Waals surface area (Å²) in [6, 6.07) is 10.2. The van der Waals surface area contributed by atoms with Gasteiger partial charge in [0, 0.05) is 28.8 Å². The van der Waals surface area contributed by atoms with Gasteiger partial charge in [-0.3, -0.25) is 4.79 Å². The van der Waals surface area contributed by atoms with E-state index >= 15 is 0 Å². The number of methoxy groups -OCH3 is 2. The molecule has 0 saturated heterocycles. The Bertz CT molecular complexity index is 1090. The molecule has 2 aromatic carbocycles. The van der Waals surface area contributed by atoms with E-state index in [9.17, 15) is 9.59 Å². The molecule has 0 radical (unpaired) electrons. The molecule has 0 bridgehead atoms. The van der Waals surface area contributed by atoms with Crippen molar-refractivity contribution in [2.24, 2.45) is 0 Å². The average molecular weight is 383 g/mol. The van der Waals surface area contributed by atoms with E-state index in [0.717, 1.165) is 10.9 Å². The van der Waals surface area contributed by atoms with E-state index < -0.39 is 0 Å². The minimum absolute atomic E-state index is 0.199. The number of ether oxygens (including phenoxy) is 3. The number of fused-ring (bicyclic) bond motifs is 1. The molecular weight excluding hydrogens is 362 g/mol. The second-order valence-corrected chi connectivity index (χ2v) is 6.20. The van der Waals surface area contributed by atoms with Crippen molar-refractivity contribution in [3.8, 4) is 17.2 Å². The highest BCUT2D eigenvalue weighted by atomic mass is 16.5. The van der Waals surface area contributed by atoms with Gasteiger partial charge >= 0.3 is 5.63 Å².